The summed E-state index contributed by atoms with van der Waals surface area (Å²) < 4.78 is 0. The molecule has 0 radical (unpaired) electrons. The zero-order valence-corrected chi connectivity index (χ0v) is 12.7. The average Bonchev–Trinajstić information content (AvgIpc) is 2.85. The lowest BCUT2D eigenvalue weighted by atomic mass is 9.97. The number of carbonyl (C=O) groups is 1. The van der Waals surface area contributed by atoms with Gasteiger partial charge in [-0.25, -0.2) is 4.98 Å². The van der Waals surface area contributed by atoms with Crippen molar-refractivity contribution < 1.29 is 4.79 Å². The van der Waals surface area contributed by atoms with Crippen LogP contribution in [0.25, 0.3) is 0 Å². The fraction of sp³-hybridized carbons (Fsp3) is 0.333. The summed E-state index contributed by atoms with van der Waals surface area (Å²) in [5.41, 5.74) is 4.70. The highest BCUT2D eigenvalue weighted by molar-refractivity contribution is 7.09. The maximum Gasteiger partial charge on any atom is 0.251 e. The van der Waals surface area contributed by atoms with E-state index in [2.05, 4.69) is 10.3 Å². The van der Waals surface area contributed by atoms with Crippen LogP contribution in [-0.2, 0) is 12.8 Å². The Kier molecular flexibility index (Phi) is 3.76. The Labute approximate surface area is 127 Å². The van der Waals surface area contributed by atoms with Gasteiger partial charge < -0.3 is 5.32 Å². The van der Waals surface area contributed by atoms with Crippen molar-refractivity contribution in [2.24, 2.45) is 0 Å². The molecule has 0 spiro atoms. The molecule has 0 bridgehead atoms. The Morgan fingerprint density at radius 1 is 1.45 bits per heavy atom. The minimum atomic E-state index is -0.0476. The Balaban J connectivity index is 1.71. The van der Waals surface area contributed by atoms with Gasteiger partial charge in [0, 0.05) is 27.9 Å². The largest absolute Gasteiger partial charge is 0.349 e. The van der Waals surface area contributed by atoms with Crippen LogP contribution in [-0.4, -0.2) is 16.9 Å². The quantitative estimate of drug-likeness (QED) is 0.924. The van der Waals surface area contributed by atoms with Crippen LogP contribution in [0.1, 0.15) is 32.9 Å². The van der Waals surface area contributed by atoms with Crippen LogP contribution >= 0.6 is 22.9 Å². The molecular weight excluding hydrogens is 292 g/mol. The van der Waals surface area contributed by atoms with Crippen LogP contribution < -0.4 is 5.32 Å². The number of carbonyl (C=O) groups excluding carboxylic acids is 1. The van der Waals surface area contributed by atoms with Crippen molar-refractivity contribution >= 4 is 28.8 Å². The molecule has 1 amide bonds. The van der Waals surface area contributed by atoms with E-state index in [0.717, 1.165) is 24.8 Å². The molecule has 0 saturated carbocycles. The summed E-state index contributed by atoms with van der Waals surface area (Å²) in [5, 5.41) is 3.70. The number of aromatic nitrogens is 1. The van der Waals surface area contributed by atoms with Crippen LogP contribution in [0.2, 0.25) is 5.02 Å². The number of nitrogens with zero attached hydrogens (tertiary/aromatic N) is 1. The second kappa shape index (κ2) is 5.54. The van der Waals surface area contributed by atoms with E-state index in [1.807, 2.05) is 24.6 Å². The molecule has 1 aromatic carbocycles. The maximum atomic E-state index is 12.3. The minimum absolute atomic E-state index is 0.0476. The second-order valence-corrected chi connectivity index (χ2v) is 6.53. The van der Waals surface area contributed by atoms with Crippen LogP contribution in [0.4, 0.5) is 0 Å². The van der Waals surface area contributed by atoms with E-state index in [9.17, 15) is 4.79 Å². The number of hydrogen-bond donors (Lipinski definition) is 1. The van der Waals surface area contributed by atoms with E-state index >= 15 is 0 Å². The molecule has 0 saturated heterocycles. The van der Waals surface area contributed by atoms with Crippen molar-refractivity contribution in [3.8, 4) is 0 Å². The molecule has 5 heteroatoms. The first-order valence-electron chi connectivity index (χ1n) is 6.61. The molecule has 1 N–H and O–H groups in total. The lowest BCUT2D eigenvalue weighted by Gasteiger charge is -2.22. The van der Waals surface area contributed by atoms with Crippen molar-refractivity contribution in [1.29, 1.82) is 0 Å². The number of halogens is 1. The van der Waals surface area contributed by atoms with Crippen LogP contribution in [0.15, 0.2) is 23.7 Å². The number of aryl methyl sites for hydroxylation is 2. The van der Waals surface area contributed by atoms with Gasteiger partial charge in [0.2, 0.25) is 0 Å². The molecule has 2 aromatic rings. The summed E-state index contributed by atoms with van der Waals surface area (Å²) in [7, 11) is 0. The highest BCUT2D eigenvalue weighted by Crippen LogP contribution is 2.24. The summed E-state index contributed by atoms with van der Waals surface area (Å²) in [4.78, 5) is 17.9. The molecule has 20 heavy (non-hydrogen) atoms. The first kappa shape index (κ1) is 13.6. The number of nitrogens with one attached hydrogen (secondary N) is 1. The first-order chi connectivity index (χ1) is 9.61. The number of hydrogen-bond acceptors (Lipinski definition) is 3. The molecule has 0 unspecified atom stereocenters. The number of fused-ring (bicyclic) bond motifs is 1. The van der Waals surface area contributed by atoms with E-state index in [1.165, 1.54) is 10.6 Å². The molecule has 104 valence electrons. The second-order valence-electron chi connectivity index (χ2n) is 5.15. The Hall–Kier alpha value is -1.39. The predicted molar refractivity (Wildman–Crippen MR) is 81.6 cm³/mol. The molecule has 1 heterocycles. The highest BCUT2D eigenvalue weighted by atomic mass is 35.5. The summed E-state index contributed by atoms with van der Waals surface area (Å²) in [6.45, 7) is 1.94. The monoisotopic (exact) mass is 306 g/mol. The van der Waals surface area contributed by atoms with E-state index in [1.54, 1.807) is 17.4 Å². The van der Waals surface area contributed by atoms with Gasteiger partial charge in [0.15, 0.2) is 0 Å². The molecular formula is C15H15ClN2OS. The van der Waals surface area contributed by atoms with Gasteiger partial charge in [-0.1, -0.05) is 11.6 Å². The smallest absolute Gasteiger partial charge is 0.251 e. The third kappa shape index (κ3) is 2.86. The molecule has 1 aliphatic carbocycles. The van der Waals surface area contributed by atoms with Crippen LogP contribution in [0.5, 0.6) is 0 Å². The van der Waals surface area contributed by atoms with Gasteiger partial charge in [-0.05, 0) is 43.5 Å². The maximum absolute atomic E-state index is 12.3. The Bertz CT molecular complexity index is 633. The van der Waals surface area contributed by atoms with Gasteiger partial charge in [0.05, 0.1) is 11.2 Å². The zero-order chi connectivity index (χ0) is 14.1. The highest BCUT2D eigenvalue weighted by Gasteiger charge is 2.22. The van der Waals surface area contributed by atoms with E-state index in [-0.39, 0.29) is 11.9 Å². The zero-order valence-electron chi connectivity index (χ0n) is 11.1. The fourth-order valence-electron chi connectivity index (χ4n) is 2.56. The average molecular weight is 307 g/mol. The third-order valence-corrected chi connectivity index (χ3v) is 4.64. The number of amides is 1. The molecule has 1 aromatic heterocycles. The predicted octanol–water partition coefficient (Wildman–Crippen LogP) is 3.39. The molecule has 0 aliphatic heterocycles. The summed E-state index contributed by atoms with van der Waals surface area (Å²) in [5.74, 6) is -0.0476. The van der Waals surface area contributed by atoms with Crippen molar-refractivity contribution in [2.45, 2.75) is 32.2 Å². The van der Waals surface area contributed by atoms with Gasteiger partial charge in [-0.15, -0.1) is 11.3 Å². The van der Waals surface area contributed by atoms with Crippen molar-refractivity contribution in [3.63, 3.8) is 0 Å². The minimum Gasteiger partial charge on any atom is -0.349 e. The molecule has 1 aliphatic rings. The summed E-state index contributed by atoms with van der Waals surface area (Å²) >= 11 is 7.68. The normalized spacial score (nSPS) is 17.6. The standard InChI is InChI=1S/C15H15ClN2OS/c1-9-4-10(6-11(16)5-9)15(19)18-12-2-3-13-14(7-12)20-8-17-13/h4-6,8,12H,2-3,7H2,1H3,(H,18,19)/t12-/m0/s1. The third-order valence-electron chi connectivity index (χ3n) is 3.53. The molecule has 1 atom stereocenters. The number of thiazole rings is 1. The van der Waals surface area contributed by atoms with Crippen LogP contribution in [0, 0.1) is 6.92 Å². The van der Waals surface area contributed by atoms with Crippen molar-refractivity contribution in [1.82, 2.24) is 10.3 Å². The van der Waals surface area contributed by atoms with Crippen molar-refractivity contribution in [3.05, 3.63) is 50.4 Å². The van der Waals surface area contributed by atoms with Crippen molar-refractivity contribution in [2.75, 3.05) is 0 Å². The van der Waals surface area contributed by atoms with Gasteiger partial charge in [0.25, 0.3) is 5.91 Å². The summed E-state index contributed by atoms with van der Waals surface area (Å²) in [6, 6.07) is 5.62. The van der Waals surface area contributed by atoms with Gasteiger partial charge >= 0.3 is 0 Å². The number of rotatable bonds is 2. The van der Waals surface area contributed by atoms with E-state index in [0.29, 0.717) is 10.6 Å². The SMILES string of the molecule is Cc1cc(Cl)cc(C(=O)N[C@H]2CCc3ncsc3C2)c1. The van der Waals surface area contributed by atoms with Crippen LogP contribution in [0.3, 0.4) is 0 Å². The summed E-state index contributed by atoms with van der Waals surface area (Å²) in [6.07, 6.45) is 2.77. The Morgan fingerprint density at radius 3 is 3.10 bits per heavy atom. The van der Waals surface area contributed by atoms with E-state index in [4.69, 9.17) is 11.6 Å². The Morgan fingerprint density at radius 2 is 2.30 bits per heavy atom. The molecule has 3 nitrogen and oxygen atoms in total. The van der Waals surface area contributed by atoms with E-state index < -0.39 is 0 Å². The lowest BCUT2D eigenvalue weighted by Crippen LogP contribution is -2.38. The van der Waals surface area contributed by atoms with Gasteiger partial charge in [0.1, 0.15) is 0 Å². The van der Waals surface area contributed by atoms with Gasteiger partial charge in [-0.2, -0.15) is 0 Å². The topological polar surface area (TPSA) is 42.0 Å². The lowest BCUT2D eigenvalue weighted by molar-refractivity contribution is 0.0933. The van der Waals surface area contributed by atoms with Gasteiger partial charge in [-0.3, -0.25) is 4.79 Å². The first-order valence-corrected chi connectivity index (χ1v) is 7.87. The number of benzene rings is 1. The molecule has 0 fully saturated rings. The molecule has 3 rings (SSSR count). The fourth-order valence-corrected chi connectivity index (χ4v) is 3.74.